The van der Waals surface area contributed by atoms with E-state index in [9.17, 15) is 0 Å². The average Bonchev–Trinajstić information content (AvgIpc) is 2.52. The zero-order valence-electron chi connectivity index (χ0n) is 6.59. The fraction of sp³-hybridized carbons (Fsp3) is 0.625. The standard InChI is InChI=1S/C8H12BrNS/c1-2-7(9)3-4-8-5-10-6-11-8/h5-7H,2-4H2,1H3. The molecular weight excluding hydrogens is 222 g/mol. The quantitative estimate of drug-likeness (QED) is 0.729. The Labute approximate surface area is 80.0 Å². The monoisotopic (exact) mass is 233 g/mol. The van der Waals surface area contributed by atoms with Crippen LogP contribution >= 0.6 is 27.3 Å². The Morgan fingerprint density at radius 3 is 3.09 bits per heavy atom. The van der Waals surface area contributed by atoms with Crippen LogP contribution in [0.2, 0.25) is 0 Å². The highest BCUT2D eigenvalue weighted by Crippen LogP contribution is 2.15. The molecule has 11 heavy (non-hydrogen) atoms. The molecule has 1 aromatic rings. The first-order valence-electron chi connectivity index (χ1n) is 3.84. The van der Waals surface area contributed by atoms with Crippen molar-refractivity contribution in [2.24, 2.45) is 0 Å². The van der Waals surface area contributed by atoms with E-state index in [0.717, 1.165) is 6.42 Å². The number of aryl methyl sites for hydroxylation is 1. The van der Waals surface area contributed by atoms with Gasteiger partial charge in [0.25, 0.3) is 0 Å². The highest BCUT2D eigenvalue weighted by Gasteiger charge is 2.01. The van der Waals surface area contributed by atoms with Crippen molar-refractivity contribution in [3.05, 3.63) is 16.6 Å². The number of nitrogens with zero attached hydrogens (tertiary/aromatic N) is 1. The summed E-state index contributed by atoms with van der Waals surface area (Å²) in [7, 11) is 0. The van der Waals surface area contributed by atoms with Gasteiger partial charge in [0.15, 0.2) is 0 Å². The highest BCUT2D eigenvalue weighted by atomic mass is 79.9. The Bertz CT molecular complexity index is 186. The molecule has 0 amide bonds. The van der Waals surface area contributed by atoms with E-state index < -0.39 is 0 Å². The number of alkyl halides is 1. The molecule has 1 rings (SSSR count). The van der Waals surface area contributed by atoms with E-state index in [1.807, 2.05) is 11.7 Å². The molecule has 1 unspecified atom stereocenters. The van der Waals surface area contributed by atoms with Gasteiger partial charge in [0.05, 0.1) is 5.51 Å². The number of aromatic nitrogens is 1. The zero-order chi connectivity index (χ0) is 8.10. The van der Waals surface area contributed by atoms with Crippen LogP contribution in [0.25, 0.3) is 0 Å². The van der Waals surface area contributed by atoms with Gasteiger partial charge in [0, 0.05) is 15.9 Å². The molecule has 1 nitrogen and oxygen atoms in total. The maximum absolute atomic E-state index is 4.03. The van der Waals surface area contributed by atoms with Gasteiger partial charge in [0.2, 0.25) is 0 Å². The van der Waals surface area contributed by atoms with Crippen molar-refractivity contribution in [2.75, 3.05) is 0 Å². The molecule has 0 spiro atoms. The van der Waals surface area contributed by atoms with E-state index in [0.29, 0.717) is 4.83 Å². The third kappa shape index (κ3) is 3.34. The maximum Gasteiger partial charge on any atom is 0.0794 e. The average molecular weight is 234 g/mol. The van der Waals surface area contributed by atoms with E-state index >= 15 is 0 Å². The minimum atomic E-state index is 0.671. The fourth-order valence-electron chi connectivity index (χ4n) is 0.869. The van der Waals surface area contributed by atoms with Crippen LogP contribution in [0.5, 0.6) is 0 Å². The smallest absolute Gasteiger partial charge is 0.0794 e. The van der Waals surface area contributed by atoms with Crippen molar-refractivity contribution in [1.82, 2.24) is 4.98 Å². The van der Waals surface area contributed by atoms with Gasteiger partial charge in [-0.1, -0.05) is 22.9 Å². The van der Waals surface area contributed by atoms with Crippen molar-refractivity contribution >= 4 is 27.3 Å². The van der Waals surface area contributed by atoms with Gasteiger partial charge in [-0.3, -0.25) is 4.98 Å². The van der Waals surface area contributed by atoms with Gasteiger partial charge in [-0.15, -0.1) is 11.3 Å². The largest absolute Gasteiger partial charge is 0.253 e. The molecule has 3 heteroatoms. The Morgan fingerprint density at radius 1 is 1.73 bits per heavy atom. The van der Waals surface area contributed by atoms with Crippen molar-refractivity contribution in [3.8, 4) is 0 Å². The van der Waals surface area contributed by atoms with Crippen LogP contribution in [0.1, 0.15) is 24.6 Å². The second kappa shape index (κ2) is 4.88. The van der Waals surface area contributed by atoms with Gasteiger partial charge in [-0.05, 0) is 19.3 Å². The summed E-state index contributed by atoms with van der Waals surface area (Å²) in [6.45, 7) is 2.20. The topological polar surface area (TPSA) is 12.9 Å². The van der Waals surface area contributed by atoms with Crippen molar-refractivity contribution in [3.63, 3.8) is 0 Å². The molecule has 0 aliphatic heterocycles. The van der Waals surface area contributed by atoms with Crippen molar-refractivity contribution in [1.29, 1.82) is 0 Å². The molecule has 1 aromatic heterocycles. The third-order valence-electron chi connectivity index (χ3n) is 1.63. The van der Waals surface area contributed by atoms with Crippen LogP contribution in [-0.4, -0.2) is 9.81 Å². The van der Waals surface area contributed by atoms with Crippen LogP contribution in [0.15, 0.2) is 11.7 Å². The molecule has 0 radical (unpaired) electrons. The summed E-state index contributed by atoms with van der Waals surface area (Å²) in [6.07, 6.45) is 5.55. The van der Waals surface area contributed by atoms with Gasteiger partial charge in [-0.25, -0.2) is 0 Å². The molecule has 1 heterocycles. The zero-order valence-corrected chi connectivity index (χ0v) is 8.99. The molecule has 0 aromatic carbocycles. The molecule has 0 N–H and O–H groups in total. The first kappa shape index (κ1) is 9.20. The number of hydrogen-bond acceptors (Lipinski definition) is 2. The van der Waals surface area contributed by atoms with E-state index in [1.165, 1.54) is 17.7 Å². The SMILES string of the molecule is CCC(Br)CCc1cncs1. The number of halogens is 1. The normalized spacial score (nSPS) is 13.3. The molecule has 0 saturated carbocycles. The van der Waals surface area contributed by atoms with Crippen molar-refractivity contribution < 1.29 is 0 Å². The molecule has 0 bridgehead atoms. The number of thiazole rings is 1. The molecule has 62 valence electrons. The van der Waals surface area contributed by atoms with Gasteiger partial charge < -0.3 is 0 Å². The summed E-state index contributed by atoms with van der Waals surface area (Å²) in [5.74, 6) is 0. The lowest BCUT2D eigenvalue weighted by Crippen LogP contribution is -1.96. The third-order valence-corrected chi connectivity index (χ3v) is 3.58. The predicted molar refractivity (Wildman–Crippen MR) is 53.4 cm³/mol. The molecule has 0 aliphatic carbocycles. The summed E-state index contributed by atoms with van der Waals surface area (Å²) in [6, 6.07) is 0. The lowest BCUT2D eigenvalue weighted by atomic mass is 10.2. The minimum absolute atomic E-state index is 0.671. The molecule has 1 atom stereocenters. The van der Waals surface area contributed by atoms with Crippen LogP contribution in [-0.2, 0) is 6.42 Å². The summed E-state index contributed by atoms with van der Waals surface area (Å²) >= 11 is 5.35. The van der Waals surface area contributed by atoms with E-state index in [-0.39, 0.29) is 0 Å². The number of rotatable bonds is 4. The van der Waals surface area contributed by atoms with Gasteiger partial charge in [-0.2, -0.15) is 0 Å². The van der Waals surface area contributed by atoms with Crippen LogP contribution < -0.4 is 0 Å². The van der Waals surface area contributed by atoms with E-state index in [2.05, 4.69) is 27.8 Å². The van der Waals surface area contributed by atoms with Crippen LogP contribution in [0, 0.1) is 0 Å². The Balaban J connectivity index is 2.23. The Hall–Kier alpha value is 0.110. The first-order valence-corrected chi connectivity index (χ1v) is 5.64. The lowest BCUT2D eigenvalue weighted by molar-refractivity contribution is 0.751. The molecule has 0 aliphatic rings. The fourth-order valence-corrected chi connectivity index (χ4v) is 1.71. The Morgan fingerprint density at radius 2 is 2.55 bits per heavy atom. The summed E-state index contributed by atoms with van der Waals surface area (Å²) in [5, 5.41) is 0. The maximum atomic E-state index is 4.03. The minimum Gasteiger partial charge on any atom is -0.253 e. The van der Waals surface area contributed by atoms with E-state index in [1.54, 1.807) is 11.3 Å². The lowest BCUT2D eigenvalue weighted by Gasteiger charge is -2.03. The molecular formula is C8H12BrNS. The van der Waals surface area contributed by atoms with Crippen LogP contribution in [0.3, 0.4) is 0 Å². The highest BCUT2D eigenvalue weighted by molar-refractivity contribution is 9.09. The van der Waals surface area contributed by atoms with E-state index in [4.69, 9.17) is 0 Å². The number of hydrogen-bond donors (Lipinski definition) is 0. The summed E-state index contributed by atoms with van der Waals surface area (Å²) < 4.78 is 0. The molecule has 0 fully saturated rings. The molecule has 0 saturated heterocycles. The van der Waals surface area contributed by atoms with Crippen LogP contribution in [0.4, 0.5) is 0 Å². The van der Waals surface area contributed by atoms with Gasteiger partial charge in [0.1, 0.15) is 0 Å². The first-order chi connectivity index (χ1) is 5.33. The summed E-state index contributed by atoms with van der Waals surface area (Å²) in [5.41, 5.74) is 1.89. The Kier molecular flexibility index (Phi) is 4.08. The summed E-state index contributed by atoms with van der Waals surface area (Å²) in [4.78, 5) is 6.09. The predicted octanol–water partition coefficient (Wildman–Crippen LogP) is 3.25. The second-order valence-electron chi connectivity index (χ2n) is 2.51. The van der Waals surface area contributed by atoms with Crippen molar-refractivity contribution in [2.45, 2.75) is 31.0 Å². The second-order valence-corrected chi connectivity index (χ2v) is 4.78. The van der Waals surface area contributed by atoms with Gasteiger partial charge >= 0.3 is 0 Å².